The van der Waals surface area contributed by atoms with Gasteiger partial charge in [0.2, 0.25) is 5.91 Å². The van der Waals surface area contributed by atoms with E-state index in [0.29, 0.717) is 17.9 Å². The number of carbonyl (C=O) groups excluding carboxylic acids is 2. The topological polar surface area (TPSA) is 93.1 Å². The average molecular weight is 442 g/mol. The third-order valence-electron chi connectivity index (χ3n) is 4.89. The number of carbonyl (C=O) groups is 3. The molecule has 2 rings (SSSR count). The van der Waals surface area contributed by atoms with Gasteiger partial charge in [-0.2, -0.15) is 0 Å². The van der Waals surface area contributed by atoms with Crippen molar-refractivity contribution in [3.05, 3.63) is 59.7 Å². The number of carboxylic acid groups (broad SMARTS) is 1. The maximum absolute atomic E-state index is 12.4. The van der Waals surface area contributed by atoms with Gasteiger partial charge in [0.15, 0.2) is 0 Å². The van der Waals surface area contributed by atoms with Crippen LogP contribution in [0.15, 0.2) is 48.5 Å². The largest absolute Gasteiger partial charge is 0.494 e. The molecule has 7 nitrogen and oxygen atoms in total. The van der Waals surface area contributed by atoms with Gasteiger partial charge in [-0.15, -0.1) is 0 Å². The summed E-state index contributed by atoms with van der Waals surface area (Å²) in [5.41, 5.74) is 1.14. The minimum atomic E-state index is -1.07. The minimum absolute atomic E-state index is 0.163. The first kappa shape index (κ1) is 24.9. The minimum Gasteiger partial charge on any atom is -0.494 e. The lowest BCUT2D eigenvalue weighted by atomic mass is 10.2. The van der Waals surface area contributed by atoms with Gasteiger partial charge in [-0.3, -0.25) is 9.59 Å². The molecule has 1 amide bonds. The van der Waals surface area contributed by atoms with E-state index in [1.807, 2.05) is 0 Å². The van der Waals surface area contributed by atoms with Gasteiger partial charge in [-0.05, 0) is 48.4 Å². The Kier molecular flexibility index (Phi) is 10.2. The van der Waals surface area contributed by atoms with Crippen LogP contribution in [0.2, 0.25) is 0 Å². The monoisotopic (exact) mass is 441 g/mol. The van der Waals surface area contributed by atoms with Crippen molar-refractivity contribution >= 4 is 17.8 Å². The highest BCUT2D eigenvalue weighted by molar-refractivity contribution is 5.91. The molecule has 0 radical (unpaired) electrons. The Bertz CT molecular complexity index is 876. The number of amides is 1. The van der Waals surface area contributed by atoms with E-state index in [4.69, 9.17) is 14.6 Å². The van der Waals surface area contributed by atoms with Gasteiger partial charge in [0.25, 0.3) is 0 Å². The molecule has 0 saturated heterocycles. The van der Waals surface area contributed by atoms with Crippen LogP contribution in [0.3, 0.4) is 0 Å². The molecule has 2 aromatic carbocycles. The molecule has 0 spiro atoms. The fourth-order valence-corrected chi connectivity index (χ4v) is 3.07. The fourth-order valence-electron chi connectivity index (χ4n) is 3.07. The summed E-state index contributed by atoms with van der Waals surface area (Å²) in [6, 6.07) is 13.5. The molecule has 0 unspecified atom stereocenters. The molecule has 0 heterocycles. The average Bonchev–Trinajstić information content (AvgIpc) is 2.77. The number of benzene rings is 2. The van der Waals surface area contributed by atoms with E-state index in [2.05, 4.69) is 6.92 Å². The maximum Gasteiger partial charge on any atom is 0.343 e. The van der Waals surface area contributed by atoms with Crippen LogP contribution in [-0.2, 0) is 16.1 Å². The van der Waals surface area contributed by atoms with E-state index >= 15 is 0 Å². The smallest absolute Gasteiger partial charge is 0.343 e. The fraction of sp³-hybridized carbons (Fsp3) is 0.400. The molecule has 2 aromatic rings. The molecular weight excluding hydrogens is 410 g/mol. The Balaban J connectivity index is 1.84. The van der Waals surface area contributed by atoms with Crippen molar-refractivity contribution in [2.75, 3.05) is 13.2 Å². The van der Waals surface area contributed by atoms with Crippen LogP contribution in [0.4, 0.5) is 0 Å². The SMILES string of the molecule is CCCCCCCOc1ccc(C(=O)Oc2ccc(CN(CC(=O)O)C(C)=O)cc2)cc1. The number of nitrogens with zero attached hydrogens (tertiary/aromatic N) is 1. The maximum atomic E-state index is 12.4. The molecule has 0 atom stereocenters. The highest BCUT2D eigenvalue weighted by Crippen LogP contribution is 2.18. The summed E-state index contributed by atoms with van der Waals surface area (Å²) in [5, 5.41) is 8.90. The number of hydrogen-bond donors (Lipinski definition) is 1. The number of aliphatic carboxylic acids is 1. The van der Waals surface area contributed by atoms with Crippen molar-refractivity contribution in [1.29, 1.82) is 0 Å². The van der Waals surface area contributed by atoms with Crippen LogP contribution >= 0.6 is 0 Å². The Morgan fingerprint density at radius 3 is 2.09 bits per heavy atom. The lowest BCUT2D eigenvalue weighted by Gasteiger charge is -2.18. The molecule has 1 N–H and O–H groups in total. The van der Waals surface area contributed by atoms with Crippen LogP contribution in [-0.4, -0.2) is 41.0 Å². The van der Waals surface area contributed by atoms with E-state index in [1.54, 1.807) is 48.5 Å². The zero-order valence-electron chi connectivity index (χ0n) is 18.7. The second-order valence-electron chi connectivity index (χ2n) is 7.59. The van der Waals surface area contributed by atoms with E-state index in [-0.39, 0.29) is 19.0 Å². The van der Waals surface area contributed by atoms with Crippen molar-refractivity contribution in [2.45, 2.75) is 52.5 Å². The van der Waals surface area contributed by atoms with Crippen LogP contribution in [0, 0.1) is 0 Å². The van der Waals surface area contributed by atoms with Gasteiger partial charge >= 0.3 is 11.9 Å². The summed E-state index contributed by atoms with van der Waals surface area (Å²) >= 11 is 0. The molecule has 0 aliphatic heterocycles. The molecule has 0 aromatic heterocycles. The first-order chi connectivity index (χ1) is 15.4. The van der Waals surface area contributed by atoms with Gasteiger partial charge in [0.1, 0.15) is 18.0 Å². The van der Waals surface area contributed by atoms with E-state index in [0.717, 1.165) is 24.2 Å². The molecule has 32 heavy (non-hydrogen) atoms. The Morgan fingerprint density at radius 2 is 1.50 bits per heavy atom. The summed E-state index contributed by atoms with van der Waals surface area (Å²) in [6.07, 6.45) is 5.86. The van der Waals surface area contributed by atoms with E-state index in [9.17, 15) is 14.4 Å². The normalized spacial score (nSPS) is 10.4. The molecule has 0 aliphatic rings. The number of esters is 1. The van der Waals surface area contributed by atoms with Crippen LogP contribution < -0.4 is 9.47 Å². The zero-order valence-corrected chi connectivity index (χ0v) is 18.7. The summed E-state index contributed by atoms with van der Waals surface area (Å²) in [7, 11) is 0. The van der Waals surface area contributed by atoms with Crippen molar-refractivity contribution in [2.24, 2.45) is 0 Å². The quantitative estimate of drug-likeness (QED) is 0.275. The second kappa shape index (κ2) is 13.1. The summed E-state index contributed by atoms with van der Waals surface area (Å²) < 4.78 is 11.1. The zero-order chi connectivity index (χ0) is 23.3. The summed E-state index contributed by atoms with van der Waals surface area (Å²) in [6.45, 7) is 3.96. The lowest BCUT2D eigenvalue weighted by Crippen LogP contribution is -2.33. The number of carboxylic acids is 1. The summed E-state index contributed by atoms with van der Waals surface area (Å²) in [5.74, 6) is -0.808. The Hall–Kier alpha value is -3.35. The van der Waals surface area contributed by atoms with Gasteiger partial charge in [0.05, 0.1) is 12.2 Å². The van der Waals surface area contributed by atoms with Gasteiger partial charge in [-0.1, -0.05) is 44.7 Å². The summed E-state index contributed by atoms with van der Waals surface area (Å²) in [4.78, 5) is 36.0. The van der Waals surface area contributed by atoms with Gasteiger partial charge < -0.3 is 19.5 Å². The van der Waals surface area contributed by atoms with Crippen molar-refractivity contribution < 1.29 is 29.0 Å². The van der Waals surface area contributed by atoms with Gasteiger partial charge in [-0.25, -0.2) is 4.79 Å². The standard InChI is InChI=1S/C25H31NO6/c1-3-4-5-6-7-16-31-22-14-10-21(11-15-22)25(30)32-23-12-8-20(9-13-23)17-26(19(2)27)18-24(28)29/h8-15H,3-7,16-18H2,1-2H3,(H,28,29). The molecule has 0 fully saturated rings. The third-order valence-corrected chi connectivity index (χ3v) is 4.89. The predicted octanol–water partition coefficient (Wildman–Crippen LogP) is 4.69. The molecule has 0 bridgehead atoms. The number of ether oxygens (including phenoxy) is 2. The molecule has 7 heteroatoms. The van der Waals surface area contributed by atoms with E-state index in [1.165, 1.54) is 31.1 Å². The molecular formula is C25H31NO6. The Morgan fingerprint density at radius 1 is 0.875 bits per heavy atom. The molecule has 172 valence electrons. The van der Waals surface area contributed by atoms with Crippen molar-refractivity contribution in [3.8, 4) is 11.5 Å². The first-order valence-electron chi connectivity index (χ1n) is 10.9. The number of hydrogen-bond acceptors (Lipinski definition) is 5. The predicted molar refractivity (Wildman–Crippen MR) is 121 cm³/mol. The second-order valence-corrected chi connectivity index (χ2v) is 7.59. The van der Waals surface area contributed by atoms with Crippen LogP contribution in [0.1, 0.15) is 61.9 Å². The van der Waals surface area contributed by atoms with Crippen LogP contribution in [0.25, 0.3) is 0 Å². The lowest BCUT2D eigenvalue weighted by molar-refractivity contribution is -0.144. The van der Waals surface area contributed by atoms with E-state index < -0.39 is 11.9 Å². The number of unbranched alkanes of at least 4 members (excludes halogenated alkanes) is 4. The van der Waals surface area contributed by atoms with Crippen LogP contribution in [0.5, 0.6) is 11.5 Å². The highest BCUT2D eigenvalue weighted by Gasteiger charge is 2.14. The highest BCUT2D eigenvalue weighted by atomic mass is 16.5. The molecule has 0 aliphatic carbocycles. The van der Waals surface area contributed by atoms with Gasteiger partial charge in [0, 0.05) is 13.5 Å². The van der Waals surface area contributed by atoms with Crippen molar-refractivity contribution in [1.82, 2.24) is 4.90 Å². The third kappa shape index (κ3) is 8.79. The Labute approximate surface area is 188 Å². The van der Waals surface area contributed by atoms with Crippen molar-refractivity contribution in [3.63, 3.8) is 0 Å². The first-order valence-corrected chi connectivity index (χ1v) is 10.9. The molecule has 0 saturated carbocycles. The number of rotatable bonds is 13.